The van der Waals surface area contributed by atoms with Crippen molar-refractivity contribution in [1.82, 2.24) is 0 Å². The number of benzene rings is 1. The molecule has 0 spiro atoms. The molecule has 100 valence electrons. The topological polar surface area (TPSA) is 35.2 Å². The van der Waals surface area contributed by atoms with Crippen molar-refractivity contribution in [2.75, 3.05) is 7.11 Å². The number of rotatable bonds is 2. The summed E-state index contributed by atoms with van der Waals surface area (Å²) in [5.41, 5.74) is 11.5. The Bertz CT molecular complexity index is 447. The highest BCUT2D eigenvalue weighted by Crippen LogP contribution is 2.45. The van der Waals surface area contributed by atoms with Gasteiger partial charge in [-0.2, -0.15) is 0 Å². The average molecular weight is 312 g/mol. The number of nitrogens with two attached hydrogens (primary N) is 1. The maximum Gasteiger partial charge on any atom is 0.136 e. The first-order valence-electron chi connectivity index (χ1n) is 6.55. The summed E-state index contributed by atoms with van der Waals surface area (Å²) in [5, 5.41) is 0. The molecule has 0 aromatic heterocycles. The van der Waals surface area contributed by atoms with Gasteiger partial charge in [0.1, 0.15) is 5.75 Å². The van der Waals surface area contributed by atoms with Gasteiger partial charge in [-0.15, -0.1) is 0 Å². The highest BCUT2D eigenvalue weighted by atomic mass is 79.9. The van der Waals surface area contributed by atoms with Crippen LogP contribution in [0.15, 0.2) is 4.47 Å². The monoisotopic (exact) mass is 311 g/mol. The molecule has 1 aliphatic rings. The van der Waals surface area contributed by atoms with E-state index in [9.17, 15) is 0 Å². The van der Waals surface area contributed by atoms with Gasteiger partial charge in [0, 0.05) is 5.54 Å². The fraction of sp³-hybridized carbons (Fsp3) is 0.600. The Labute approximate surface area is 118 Å². The molecule has 2 rings (SSSR count). The van der Waals surface area contributed by atoms with Gasteiger partial charge in [-0.25, -0.2) is 0 Å². The van der Waals surface area contributed by atoms with Crippen LogP contribution in [0, 0.1) is 20.8 Å². The highest BCUT2D eigenvalue weighted by molar-refractivity contribution is 9.10. The fourth-order valence-electron chi connectivity index (χ4n) is 3.33. The summed E-state index contributed by atoms with van der Waals surface area (Å²) < 4.78 is 6.56. The van der Waals surface area contributed by atoms with E-state index >= 15 is 0 Å². The zero-order valence-corrected chi connectivity index (χ0v) is 13.3. The lowest BCUT2D eigenvalue weighted by Crippen LogP contribution is -2.35. The fourth-order valence-corrected chi connectivity index (χ4v) is 3.99. The second-order valence-corrected chi connectivity index (χ2v) is 6.25. The molecule has 1 aromatic rings. The summed E-state index contributed by atoms with van der Waals surface area (Å²) >= 11 is 3.67. The molecule has 1 saturated carbocycles. The van der Waals surface area contributed by atoms with Gasteiger partial charge >= 0.3 is 0 Å². The molecule has 0 atom stereocenters. The van der Waals surface area contributed by atoms with Gasteiger partial charge in [-0.1, -0.05) is 12.8 Å². The Balaban J connectivity index is 2.68. The molecular weight excluding hydrogens is 290 g/mol. The summed E-state index contributed by atoms with van der Waals surface area (Å²) in [7, 11) is 1.72. The molecule has 0 aliphatic heterocycles. The van der Waals surface area contributed by atoms with E-state index in [0.717, 1.165) is 23.1 Å². The van der Waals surface area contributed by atoms with Crippen LogP contribution in [0.2, 0.25) is 0 Å². The second-order valence-electron chi connectivity index (χ2n) is 5.46. The zero-order chi connectivity index (χ0) is 13.5. The predicted octanol–water partition coefficient (Wildman–Crippen LogP) is 4.11. The normalized spacial score (nSPS) is 18.1. The minimum absolute atomic E-state index is 0.145. The molecule has 2 nitrogen and oxygen atoms in total. The molecule has 0 bridgehead atoms. The van der Waals surface area contributed by atoms with Gasteiger partial charge in [-0.3, -0.25) is 0 Å². The average Bonchev–Trinajstić information content (AvgIpc) is 2.75. The number of methoxy groups -OCH3 is 1. The van der Waals surface area contributed by atoms with Crippen LogP contribution in [0.25, 0.3) is 0 Å². The van der Waals surface area contributed by atoms with Crippen molar-refractivity contribution in [3.05, 3.63) is 26.7 Å². The molecule has 0 radical (unpaired) electrons. The molecule has 0 saturated heterocycles. The summed E-state index contributed by atoms with van der Waals surface area (Å²) in [5.74, 6) is 0.940. The van der Waals surface area contributed by atoms with Crippen molar-refractivity contribution in [1.29, 1.82) is 0 Å². The summed E-state index contributed by atoms with van der Waals surface area (Å²) in [6.45, 7) is 6.42. The van der Waals surface area contributed by atoms with E-state index in [0.29, 0.717) is 0 Å². The van der Waals surface area contributed by atoms with E-state index in [-0.39, 0.29) is 5.54 Å². The molecule has 1 fully saturated rings. The van der Waals surface area contributed by atoms with E-state index < -0.39 is 0 Å². The van der Waals surface area contributed by atoms with E-state index in [4.69, 9.17) is 10.5 Å². The minimum atomic E-state index is -0.145. The van der Waals surface area contributed by atoms with E-state index in [1.165, 1.54) is 35.1 Å². The van der Waals surface area contributed by atoms with Crippen molar-refractivity contribution in [3.8, 4) is 5.75 Å². The number of ether oxygens (including phenoxy) is 1. The third-order valence-corrected chi connectivity index (χ3v) is 5.33. The van der Waals surface area contributed by atoms with Crippen molar-refractivity contribution in [3.63, 3.8) is 0 Å². The van der Waals surface area contributed by atoms with Crippen molar-refractivity contribution < 1.29 is 4.74 Å². The predicted molar refractivity (Wildman–Crippen MR) is 79.2 cm³/mol. The number of hydrogen-bond acceptors (Lipinski definition) is 2. The molecule has 0 amide bonds. The molecule has 0 heterocycles. The lowest BCUT2D eigenvalue weighted by molar-refractivity contribution is 0.404. The Morgan fingerprint density at radius 2 is 1.61 bits per heavy atom. The maximum absolute atomic E-state index is 6.65. The highest BCUT2D eigenvalue weighted by Gasteiger charge is 2.35. The summed E-state index contributed by atoms with van der Waals surface area (Å²) in [6.07, 6.45) is 4.65. The Morgan fingerprint density at radius 1 is 1.06 bits per heavy atom. The van der Waals surface area contributed by atoms with Crippen LogP contribution in [0.5, 0.6) is 5.75 Å². The van der Waals surface area contributed by atoms with Crippen molar-refractivity contribution in [2.45, 2.75) is 52.0 Å². The van der Waals surface area contributed by atoms with Gasteiger partial charge in [0.25, 0.3) is 0 Å². The first kappa shape index (κ1) is 13.9. The second kappa shape index (κ2) is 4.86. The third-order valence-electron chi connectivity index (χ3n) is 4.38. The van der Waals surface area contributed by atoms with Gasteiger partial charge in [0.15, 0.2) is 0 Å². The quantitative estimate of drug-likeness (QED) is 0.892. The van der Waals surface area contributed by atoms with Crippen LogP contribution in [-0.4, -0.2) is 7.11 Å². The first-order valence-corrected chi connectivity index (χ1v) is 7.34. The van der Waals surface area contributed by atoms with Gasteiger partial charge in [0.05, 0.1) is 11.6 Å². The van der Waals surface area contributed by atoms with Crippen LogP contribution in [0.1, 0.15) is 47.9 Å². The Hall–Kier alpha value is -0.540. The lowest BCUT2D eigenvalue weighted by Gasteiger charge is -2.30. The standard InChI is InChI=1S/C15H22BrNO/c1-9-10(2)14(18-4)13(16)11(3)12(9)15(17)7-5-6-8-15/h5-8,17H2,1-4H3. The van der Waals surface area contributed by atoms with Crippen LogP contribution >= 0.6 is 15.9 Å². The third kappa shape index (κ3) is 1.97. The number of halogens is 1. The van der Waals surface area contributed by atoms with Crippen LogP contribution in [0.3, 0.4) is 0 Å². The molecular formula is C15H22BrNO. The molecule has 18 heavy (non-hydrogen) atoms. The van der Waals surface area contributed by atoms with Gasteiger partial charge in [0.2, 0.25) is 0 Å². The summed E-state index contributed by atoms with van der Waals surface area (Å²) in [6, 6.07) is 0. The minimum Gasteiger partial charge on any atom is -0.495 e. The van der Waals surface area contributed by atoms with E-state index in [1.807, 2.05) is 0 Å². The van der Waals surface area contributed by atoms with E-state index in [1.54, 1.807) is 7.11 Å². The SMILES string of the molecule is COc1c(C)c(C)c(C2(N)CCCC2)c(C)c1Br. The first-order chi connectivity index (χ1) is 8.42. The van der Waals surface area contributed by atoms with Gasteiger partial charge in [-0.05, 0) is 71.8 Å². The lowest BCUT2D eigenvalue weighted by atomic mass is 9.81. The zero-order valence-electron chi connectivity index (χ0n) is 11.7. The Kier molecular flexibility index (Phi) is 3.75. The summed E-state index contributed by atoms with van der Waals surface area (Å²) in [4.78, 5) is 0. The maximum atomic E-state index is 6.65. The molecule has 0 unspecified atom stereocenters. The molecule has 1 aromatic carbocycles. The number of hydrogen-bond donors (Lipinski definition) is 1. The smallest absolute Gasteiger partial charge is 0.136 e. The van der Waals surface area contributed by atoms with Crippen LogP contribution in [0.4, 0.5) is 0 Å². The van der Waals surface area contributed by atoms with Crippen molar-refractivity contribution in [2.24, 2.45) is 5.73 Å². The van der Waals surface area contributed by atoms with Gasteiger partial charge < -0.3 is 10.5 Å². The van der Waals surface area contributed by atoms with E-state index in [2.05, 4.69) is 36.7 Å². The van der Waals surface area contributed by atoms with Crippen LogP contribution < -0.4 is 10.5 Å². The molecule has 1 aliphatic carbocycles. The van der Waals surface area contributed by atoms with Crippen molar-refractivity contribution >= 4 is 15.9 Å². The molecule has 2 N–H and O–H groups in total. The largest absolute Gasteiger partial charge is 0.495 e. The Morgan fingerprint density at radius 3 is 2.11 bits per heavy atom. The molecule has 3 heteroatoms. The van der Waals surface area contributed by atoms with Crippen LogP contribution in [-0.2, 0) is 5.54 Å².